The molecule has 1 aromatic carbocycles. The first kappa shape index (κ1) is 12.2. The van der Waals surface area contributed by atoms with E-state index >= 15 is 0 Å². The third-order valence-corrected chi connectivity index (χ3v) is 3.69. The van der Waals surface area contributed by atoms with Crippen molar-refractivity contribution in [1.29, 1.82) is 0 Å². The zero-order valence-electron chi connectivity index (χ0n) is 10.0. The highest BCUT2D eigenvalue weighted by atomic mass is 35.5. The Hall–Kier alpha value is -1.22. The van der Waals surface area contributed by atoms with E-state index in [1.54, 1.807) is 12.1 Å². The number of ketones is 1. The Bertz CT molecular complexity index is 467. The molecule has 1 aliphatic rings. The number of anilines is 1. The van der Waals surface area contributed by atoms with E-state index in [0.29, 0.717) is 28.4 Å². The SMILES string of the molecule is CCC1(CC)CC(=O)c2cc(Cl)cc(N)c2O1. The van der Waals surface area contributed by atoms with Crippen LogP contribution >= 0.6 is 11.6 Å². The number of halogens is 1. The van der Waals surface area contributed by atoms with Gasteiger partial charge in [-0.25, -0.2) is 0 Å². The van der Waals surface area contributed by atoms with Gasteiger partial charge in [0.1, 0.15) is 5.60 Å². The summed E-state index contributed by atoms with van der Waals surface area (Å²) < 4.78 is 5.97. The van der Waals surface area contributed by atoms with Crippen molar-refractivity contribution in [3.63, 3.8) is 0 Å². The molecule has 1 aliphatic heterocycles. The lowest BCUT2D eigenvalue weighted by Gasteiger charge is -2.37. The molecule has 0 bridgehead atoms. The smallest absolute Gasteiger partial charge is 0.170 e. The van der Waals surface area contributed by atoms with E-state index < -0.39 is 5.60 Å². The maximum Gasteiger partial charge on any atom is 0.170 e. The molecule has 4 heteroatoms. The topological polar surface area (TPSA) is 52.3 Å². The first-order chi connectivity index (χ1) is 8.01. The molecule has 0 amide bonds. The predicted molar refractivity (Wildman–Crippen MR) is 68.8 cm³/mol. The normalized spacial score (nSPS) is 17.5. The molecular weight excluding hydrogens is 238 g/mol. The zero-order chi connectivity index (χ0) is 12.6. The molecule has 2 rings (SSSR count). The van der Waals surface area contributed by atoms with Crippen LogP contribution in [-0.2, 0) is 0 Å². The first-order valence-electron chi connectivity index (χ1n) is 5.82. The standard InChI is InChI=1S/C13H16ClNO2/c1-3-13(4-2)7-11(16)9-5-8(14)6-10(15)12(9)17-13/h5-6H,3-4,7,15H2,1-2H3. The number of nitrogen functional groups attached to an aromatic ring is 1. The monoisotopic (exact) mass is 253 g/mol. The fraction of sp³-hybridized carbons (Fsp3) is 0.462. The second-order valence-corrected chi connectivity index (χ2v) is 4.90. The molecule has 0 saturated heterocycles. The third kappa shape index (κ3) is 2.00. The molecule has 0 saturated carbocycles. The van der Waals surface area contributed by atoms with E-state index in [0.717, 1.165) is 12.8 Å². The number of nitrogens with two attached hydrogens (primary N) is 1. The highest BCUT2D eigenvalue weighted by Gasteiger charge is 2.38. The van der Waals surface area contributed by atoms with Crippen LogP contribution in [0.4, 0.5) is 5.69 Å². The largest absolute Gasteiger partial charge is 0.484 e. The summed E-state index contributed by atoms with van der Waals surface area (Å²) in [6, 6.07) is 3.25. The summed E-state index contributed by atoms with van der Waals surface area (Å²) >= 11 is 5.90. The van der Waals surface area contributed by atoms with Crippen LogP contribution in [0.5, 0.6) is 5.75 Å². The molecule has 2 N–H and O–H groups in total. The first-order valence-corrected chi connectivity index (χ1v) is 6.20. The number of Topliss-reactive ketones (excluding diaryl/α,β-unsaturated/α-hetero) is 1. The van der Waals surface area contributed by atoms with Crippen molar-refractivity contribution < 1.29 is 9.53 Å². The van der Waals surface area contributed by atoms with Crippen LogP contribution in [-0.4, -0.2) is 11.4 Å². The zero-order valence-corrected chi connectivity index (χ0v) is 10.8. The van der Waals surface area contributed by atoms with Crippen molar-refractivity contribution in [2.45, 2.75) is 38.7 Å². The third-order valence-electron chi connectivity index (χ3n) is 3.47. The van der Waals surface area contributed by atoms with Gasteiger partial charge in [0.15, 0.2) is 11.5 Å². The van der Waals surface area contributed by atoms with Gasteiger partial charge in [-0.2, -0.15) is 0 Å². The Kier molecular flexibility index (Phi) is 3.04. The summed E-state index contributed by atoms with van der Waals surface area (Å²) in [5.74, 6) is 0.554. The van der Waals surface area contributed by atoms with E-state index in [1.165, 1.54) is 0 Å². The average Bonchev–Trinajstić information content (AvgIpc) is 2.30. The highest BCUT2D eigenvalue weighted by molar-refractivity contribution is 6.31. The van der Waals surface area contributed by atoms with Crippen molar-refractivity contribution in [1.82, 2.24) is 0 Å². The van der Waals surface area contributed by atoms with Gasteiger partial charge < -0.3 is 10.5 Å². The molecule has 17 heavy (non-hydrogen) atoms. The van der Waals surface area contributed by atoms with Gasteiger partial charge in [0.2, 0.25) is 0 Å². The summed E-state index contributed by atoms with van der Waals surface area (Å²) in [6.45, 7) is 4.04. The van der Waals surface area contributed by atoms with Gasteiger partial charge in [-0.3, -0.25) is 4.79 Å². The minimum atomic E-state index is -0.411. The van der Waals surface area contributed by atoms with Gasteiger partial charge in [0, 0.05) is 5.02 Å². The summed E-state index contributed by atoms with van der Waals surface area (Å²) in [7, 11) is 0. The second-order valence-electron chi connectivity index (χ2n) is 4.46. The number of hydrogen-bond donors (Lipinski definition) is 1. The van der Waals surface area contributed by atoms with E-state index in [9.17, 15) is 4.79 Å². The number of fused-ring (bicyclic) bond motifs is 1. The van der Waals surface area contributed by atoms with Crippen LogP contribution in [0.3, 0.4) is 0 Å². The van der Waals surface area contributed by atoms with Crippen LogP contribution < -0.4 is 10.5 Å². The maximum atomic E-state index is 12.1. The van der Waals surface area contributed by atoms with Crippen molar-refractivity contribution >= 4 is 23.1 Å². The number of benzene rings is 1. The van der Waals surface area contributed by atoms with Crippen LogP contribution in [0, 0.1) is 0 Å². The van der Waals surface area contributed by atoms with Crippen molar-refractivity contribution in [3.05, 3.63) is 22.7 Å². The van der Waals surface area contributed by atoms with Gasteiger partial charge in [0.05, 0.1) is 17.7 Å². The molecule has 0 aromatic heterocycles. The minimum Gasteiger partial charge on any atom is -0.484 e. The molecule has 0 aliphatic carbocycles. The van der Waals surface area contributed by atoms with Gasteiger partial charge in [0.25, 0.3) is 0 Å². The lowest BCUT2D eigenvalue weighted by atomic mass is 9.85. The Morgan fingerprint density at radius 1 is 1.41 bits per heavy atom. The Morgan fingerprint density at radius 2 is 2.06 bits per heavy atom. The minimum absolute atomic E-state index is 0.0594. The summed E-state index contributed by atoms with van der Waals surface area (Å²) in [5.41, 5.74) is 6.41. The average molecular weight is 254 g/mol. The van der Waals surface area contributed by atoms with Crippen molar-refractivity contribution in [3.8, 4) is 5.75 Å². The lowest BCUT2D eigenvalue weighted by molar-refractivity contribution is 0.0356. The van der Waals surface area contributed by atoms with Gasteiger partial charge in [-0.15, -0.1) is 0 Å². The molecule has 92 valence electrons. The molecular formula is C13H16ClNO2. The molecule has 0 atom stereocenters. The molecule has 3 nitrogen and oxygen atoms in total. The fourth-order valence-electron chi connectivity index (χ4n) is 2.22. The van der Waals surface area contributed by atoms with Crippen LogP contribution in [0.1, 0.15) is 43.5 Å². The summed E-state index contributed by atoms with van der Waals surface area (Å²) in [5, 5.41) is 0.471. The number of hydrogen-bond acceptors (Lipinski definition) is 3. The van der Waals surface area contributed by atoms with E-state index in [4.69, 9.17) is 22.1 Å². The Morgan fingerprint density at radius 3 is 2.65 bits per heavy atom. The second kappa shape index (κ2) is 4.22. The molecule has 1 aromatic rings. The van der Waals surface area contributed by atoms with Gasteiger partial charge in [-0.05, 0) is 25.0 Å². The molecule has 0 spiro atoms. The number of rotatable bonds is 2. The quantitative estimate of drug-likeness (QED) is 0.822. The van der Waals surface area contributed by atoms with E-state index in [1.807, 2.05) is 13.8 Å². The fourth-order valence-corrected chi connectivity index (χ4v) is 2.45. The maximum absolute atomic E-state index is 12.1. The number of ether oxygens (including phenoxy) is 1. The van der Waals surface area contributed by atoms with Crippen molar-refractivity contribution in [2.75, 3.05) is 5.73 Å². The Labute approximate surface area is 106 Å². The molecule has 0 radical (unpaired) electrons. The van der Waals surface area contributed by atoms with E-state index in [2.05, 4.69) is 0 Å². The summed E-state index contributed by atoms with van der Waals surface area (Å²) in [4.78, 5) is 12.1. The summed E-state index contributed by atoms with van der Waals surface area (Å²) in [6.07, 6.45) is 1.97. The molecule has 0 fully saturated rings. The van der Waals surface area contributed by atoms with Crippen LogP contribution in [0.25, 0.3) is 0 Å². The molecule has 0 unspecified atom stereocenters. The molecule has 1 heterocycles. The van der Waals surface area contributed by atoms with Gasteiger partial charge >= 0.3 is 0 Å². The number of carbonyl (C=O) groups is 1. The van der Waals surface area contributed by atoms with Crippen molar-refractivity contribution in [2.24, 2.45) is 0 Å². The predicted octanol–water partition coefficient (Wildman–Crippen LogP) is 3.45. The van der Waals surface area contributed by atoms with Crippen LogP contribution in [0.2, 0.25) is 5.02 Å². The van der Waals surface area contributed by atoms with Gasteiger partial charge in [-0.1, -0.05) is 25.4 Å². The van der Waals surface area contributed by atoms with Crippen LogP contribution in [0.15, 0.2) is 12.1 Å². The number of carbonyl (C=O) groups excluding carboxylic acids is 1. The highest BCUT2D eigenvalue weighted by Crippen LogP contribution is 2.41. The van der Waals surface area contributed by atoms with E-state index in [-0.39, 0.29) is 5.78 Å². The Balaban J connectivity index is 2.53. The lowest BCUT2D eigenvalue weighted by Crippen LogP contribution is -2.41.